The van der Waals surface area contributed by atoms with Crippen molar-refractivity contribution >= 4 is 13.3 Å². The lowest BCUT2D eigenvalue weighted by molar-refractivity contribution is 0.628. The van der Waals surface area contributed by atoms with Crippen molar-refractivity contribution in [2.24, 2.45) is 0 Å². The van der Waals surface area contributed by atoms with Gasteiger partial charge in [-0.05, 0) is 18.2 Å². The Kier molecular flexibility index (Phi) is 3.41. The zero-order valence-corrected chi connectivity index (χ0v) is 9.46. The molecule has 0 aliphatic rings. The molecule has 0 saturated carbocycles. The Morgan fingerprint density at radius 1 is 1.21 bits per heavy atom. The van der Waals surface area contributed by atoms with Crippen molar-refractivity contribution in [1.29, 1.82) is 0 Å². The molecule has 0 heterocycles. The summed E-state index contributed by atoms with van der Waals surface area (Å²) >= 11 is 0. The molecule has 0 amide bonds. The summed E-state index contributed by atoms with van der Waals surface area (Å²) in [4.78, 5) is 0. The average Bonchev–Trinajstić information content (AvgIpc) is 2.24. The van der Waals surface area contributed by atoms with Crippen LogP contribution in [0.15, 0.2) is 48.8 Å². The second kappa shape index (κ2) is 4.38. The first-order chi connectivity index (χ1) is 6.68. The molecule has 0 unspecified atom stereocenters. The topological polar surface area (TPSA) is 0 Å². The van der Waals surface area contributed by atoms with Crippen LogP contribution in [0.3, 0.4) is 0 Å². The van der Waals surface area contributed by atoms with E-state index in [1.807, 2.05) is 23.5 Å². The molecule has 0 bridgehead atoms. The highest BCUT2D eigenvalue weighted by Gasteiger charge is 2.25. The summed E-state index contributed by atoms with van der Waals surface area (Å²) in [5.74, 6) is -0.194. The Bertz CT molecular complexity index is 319. The maximum Gasteiger partial charge on any atom is 0.132 e. The number of hydrogen-bond donors (Lipinski definition) is 0. The lowest BCUT2D eigenvalue weighted by atomic mass is 10.3. The Morgan fingerprint density at radius 3 is 2.07 bits per heavy atom. The lowest BCUT2D eigenvalue weighted by Crippen LogP contribution is -2.43. The predicted molar refractivity (Wildman–Crippen MR) is 62.7 cm³/mol. The van der Waals surface area contributed by atoms with Crippen LogP contribution < -0.4 is 5.19 Å². The molecule has 1 aromatic rings. The number of rotatable bonds is 4. The van der Waals surface area contributed by atoms with Gasteiger partial charge in [0.1, 0.15) is 13.9 Å². The first-order valence-electron chi connectivity index (χ1n) is 4.71. The van der Waals surface area contributed by atoms with Crippen LogP contribution in [0.25, 0.3) is 0 Å². The molecule has 74 valence electrons. The third-order valence-corrected chi connectivity index (χ3v) is 6.73. The summed E-state index contributed by atoms with van der Waals surface area (Å²) in [6, 6.07) is 7.70. The maximum atomic E-state index is 12.8. The van der Waals surface area contributed by atoms with Crippen LogP contribution in [0, 0.1) is 5.82 Å². The number of halogens is 1. The molecule has 0 spiro atoms. The minimum Gasteiger partial charge on any atom is -0.207 e. The first kappa shape index (κ1) is 10.9. The summed E-state index contributed by atoms with van der Waals surface area (Å²) in [5, 5.41) is 1.17. The minimum absolute atomic E-state index is 0.194. The van der Waals surface area contributed by atoms with E-state index in [2.05, 4.69) is 20.1 Å². The molecule has 0 aliphatic carbocycles. The summed E-state index contributed by atoms with van der Waals surface area (Å²) < 4.78 is 12.8. The average molecular weight is 206 g/mol. The van der Waals surface area contributed by atoms with Crippen LogP contribution in [-0.2, 0) is 0 Å². The van der Waals surface area contributed by atoms with E-state index >= 15 is 0 Å². The van der Waals surface area contributed by atoms with Gasteiger partial charge in [-0.2, -0.15) is 0 Å². The molecule has 1 aromatic carbocycles. The van der Waals surface area contributed by atoms with E-state index in [1.165, 1.54) is 17.3 Å². The Morgan fingerprint density at radius 2 is 1.71 bits per heavy atom. The minimum atomic E-state index is -1.76. The van der Waals surface area contributed by atoms with Gasteiger partial charge in [0.05, 0.1) is 0 Å². The zero-order valence-electron chi connectivity index (χ0n) is 8.46. The van der Waals surface area contributed by atoms with Crippen LogP contribution in [0.4, 0.5) is 4.39 Å². The maximum absolute atomic E-state index is 12.8. The standard InChI is InChI=1S/C12H15FSi/c1-4-14(5-2,6-3)12-9-7-11(13)8-10-12/h4-5,7-10H,1-2,6H2,3H3. The smallest absolute Gasteiger partial charge is 0.132 e. The molecule has 2 heteroatoms. The van der Waals surface area contributed by atoms with Gasteiger partial charge in [0.25, 0.3) is 0 Å². The summed E-state index contributed by atoms with van der Waals surface area (Å²) in [7, 11) is -1.76. The van der Waals surface area contributed by atoms with Crippen molar-refractivity contribution < 1.29 is 4.39 Å². The fourth-order valence-electron chi connectivity index (χ4n) is 1.57. The van der Waals surface area contributed by atoms with Crippen molar-refractivity contribution in [2.45, 2.75) is 13.0 Å². The van der Waals surface area contributed by atoms with Crippen molar-refractivity contribution in [3.63, 3.8) is 0 Å². The molecular formula is C12H15FSi. The van der Waals surface area contributed by atoms with E-state index in [0.29, 0.717) is 0 Å². The van der Waals surface area contributed by atoms with E-state index in [4.69, 9.17) is 0 Å². The summed E-state index contributed by atoms with van der Waals surface area (Å²) in [6.07, 6.45) is 0. The highest BCUT2D eigenvalue weighted by molar-refractivity contribution is 6.99. The Hall–Kier alpha value is -1.15. The molecule has 0 nitrogen and oxygen atoms in total. The molecular weight excluding hydrogens is 191 g/mol. The largest absolute Gasteiger partial charge is 0.207 e. The molecule has 0 N–H and O–H groups in total. The second-order valence-corrected chi connectivity index (χ2v) is 7.49. The molecule has 0 aromatic heterocycles. The molecule has 1 rings (SSSR count). The quantitative estimate of drug-likeness (QED) is 0.664. The molecule has 0 radical (unpaired) electrons. The van der Waals surface area contributed by atoms with Crippen LogP contribution >= 0.6 is 0 Å². The number of hydrogen-bond acceptors (Lipinski definition) is 0. The van der Waals surface area contributed by atoms with E-state index in [9.17, 15) is 4.39 Å². The van der Waals surface area contributed by atoms with Gasteiger partial charge in [-0.3, -0.25) is 0 Å². The van der Waals surface area contributed by atoms with Gasteiger partial charge < -0.3 is 0 Å². The van der Waals surface area contributed by atoms with E-state index in [-0.39, 0.29) is 5.82 Å². The van der Waals surface area contributed by atoms with Crippen molar-refractivity contribution in [3.05, 3.63) is 54.6 Å². The SMILES string of the molecule is C=C[Si](C=C)(CC)c1ccc(F)cc1. The Balaban J connectivity index is 3.17. The van der Waals surface area contributed by atoms with Crippen molar-refractivity contribution in [1.82, 2.24) is 0 Å². The molecule has 0 atom stereocenters. The van der Waals surface area contributed by atoms with Gasteiger partial charge in [0, 0.05) is 0 Å². The molecule has 0 aliphatic heterocycles. The monoisotopic (exact) mass is 206 g/mol. The highest BCUT2D eigenvalue weighted by atomic mass is 28.3. The van der Waals surface area contributed by atoms with E-state index < -0.39 is 8.07 Å². The van der Waals surface area contributed by atoms with Crippen LogP contribution in [0.5, 0.6) is 0 Å². The van der Waals surface area contributed by atoms with Gasteiger partial charge in [0.15, 0.2) is 0 Å². The fraction of sp³-hybridized carbons (Fsp3) is 0.167. The second-order valence-electron chi connectivity index (χ2n) is 3.31. The zero-order chi connectivity index (χ0) is 10.6. The molecule has 0 fully saturated rings. The van der Waals surface area contributed by atoms with Crippen LogP contribution in [-0.4, -0.2) is 8.07 Å². The van der Waals surface area contributed by atoms with Crippen LogP contribution in [0.1, 0.15) is 6.92 Å². The highest BCUT2D eigenvalue weighted by Crippen LogP contribution is 2.12. The van der Waals surface area contributed by atoms with Gasteiger partial charge in [-0.15, -0.1) is 13.2 Å². The van der Waals surface area contributed by atoms with Gasteiger partial charge in [-0.1, -0.05) is 35.6 Å². The van der Waals surface area contributed by atoms with Crippen molar-refractivity contribution in [3.8, 4) is 0 Å². The normalized spacial score (nSPS) is 11.0. The van der Waals surface area contributed by atoms with E-state index in [0.717, 1.165) is 6.04 Å². The predicted octanol–water partition coefficient (Wildman–Crippen LogP) is 2.95. The van der Waals surface area contributed by atoms with Gasteiger partial charge >= 0.3 is 0 Å². The van der Waals surface area contributed by atoms with Gasteiger partial charge in [-0.25, -0.2) is 4.39 Å². The Labute approximate surface area is 85.8 Å². The molecule has 14 heavy (non-hydrogen) atoms. The van der Waals surface area contributed by atoms with E-state index in [1.54, 1.807) is 0 Å². The summed E-state index contributed by atoms with van der Waals surface area (Å²) in [5.41, 5.74) is 3.99. The lowest BCUT2D eigenvalue weighted by Gasteiger charge is -2.22. The van der Waals surface area contributed by atoms with Gasteiger partial charge in [0.2, 0.25) is 0 Å². The third kappa shape index (κ3) is 1.85. The first-order valence-corrected chi connectivity index (χ1v) is 7.08. The molecule has 0 saturated heterocycles. The van der Waals surface area contributed by atoms with Crippen molar-refractivity contribution in [2.75, 3.05) is 0 Å². The number of benzene rings is 1. The third-order valence-electron chi connectivity index (χ3n) is 2.70. The fourth-order valence-corrected chi connectivity index (χ4v) is 3.98. The van der Waals surface area contributed by atoms with Crippen LogP contribution in [0.2, 0.25) is 6.04 Å². The summed E-state index contributed by atoms with van der Waals surface area (Å²) in [6.45, 7) is 9.86.